The molecule has 0 bridgehead atoms. The SMILES string of the molecule is COc1ccc(N2CCN(CN3C(=O)NC(C)(CCc4ccccc4)C3=O)CC2)cc1. The first-order valence-corrected chi connectivity index (χ1v) is 10.8. The highest BCUT2D eigenvalue weighted by Crippen LogP contribution is 2.25. The van der Waals surface area contributed by atoms with E-state index in [0.29, 0.717) is 13.1 Å². The summed E-state index contributed by atoms with van der Waals surface area (Å²) in [6.45, 7) is 5.45. The van der Waals surface area contributed by atoms with Crippen LogP contribution in [0.25, 0.3) is 0 Å². The normalized spacial score (nSPS) is 22.0. The molecule has 2 aliphatic heterocycles. The Morgan fingerprint density at radius 2 is 1.65 bits per heavy atom. The topological polar surface area (TPSA) is 65.1 Å². The van der Waals surface area contributed by atoms with Gasteiger partial charge >= 0.3 is 6.03 Å². The number of piperazine rings is 1. The number of anilines is 1. The highest BCUT2D eigenvalue weighted by Gasteiger charge is 2.47. The van der Waals surface area contributed by atoms with Gasteiger partial charge in [-0.15, -0.1) is 0 Å². The number of urea groups is 1. The zero-order chi connectivity index (χ0) is 21.8. The largest absolute Gasteiger partial charge is 0.497 e. The number of ether oxygens (including phenoxy) is 1. The molecule has 2 saturated heterocycles. The van der Waals surface area contributed by atoms with E-state index in [1.165, 1.54) is 10.5 Å². The fourth-order valence-electron chi connectivity index (χ4n) is 4.22. The summed E-state index contributed by atoms with van der Waals surface area (Å²) < 4.78 is 5.23. The van der Waals surface area contributed by atoms with Gasteiger partial charge in [0.1, 0.15) is 11.3 Å². The summed E-state index contributed by atoms with van der Waals surface area (Å²) in [5.41, 5.74) is 1.47. The van der Waals surface area contributed by atoms with Crippen molar-refractivity contribution in [1.29, 1.82) is 0 Å². The van der Waals surface area contributed by atoms with E-state index in [1.54, 1.807) is 7.11 Å². The number of amides is 3. The molecule has 1 atom stereocenters. The van der Waals surface area contributed by atoms with Crippen molar-refractivity contribution in [3.63, 3.8) is 0 Å². The number of hydrogen-bond acceptors (Lipinski definition) is 5. The van der Waals surface area contributed by atoms with Crippen molar-refractivity contribution in [3.05, 3.63) is 60.2 Å². The van der Waals surface area contributed by atoms with E-state index in [2.05, 4.69) is 27.2 Å². The van der Waals surface area contributed by atoms with Crippen molar-refractivity contribution in [1.82, 2.24) is 15.1 Å². The van der Waals surface area contributed by atoms with Crippen molar-refractivity contribution < 1.29 is 14.3 Å². The van der Waals surface area contributed by atoms with E-state index in [9.17, 15) is 9.59 Å². The maximum Gasteiger partial charge on any atom is 0.326 e. The molecule has 31 heavy (non-hydrogen) atoms. The number of carbonyl (C=O) groups is 2. The Morgan fingerprint density at radius 3 is 2.29 bits per heavy atom. The number of rotatable bonds is 7. The number of benzene rings is 2. The van der Waals surface area contributed by atoms with E-state index >= 15 is 0 Å². The van der Waals surface area contributed by atoms with Crippen molar-refractivity contribution in [3.8, 4) is 5.75 Å². The lowest BCUT2D eigenvalue weighted by Crippen LogP contribution is -2.52. The van der Waals surface area contributed by atoms with Gasteiger partial charge < -0.3 is 15.0 Å². The zero-order valence-corrected chi connectivity index (χ0v) is 18.2. The summed E-state index contributed by atoms with van der Waals surface area (Å²) >= 11 is 0. The maximum atomic E-state index is 13.1. The van der Waals surface area contributed by atoms with Crippen LogP contribution in [-0.4, -0.2) is 67.2 Å². The predicted molar refractivity (Wildman–Crippen MR) is 120 cm³/mol. The third-order valence-electron chi connectivity index (χ3n) is 6.25. The van der Waals surface area contributed by atoms with Gasteiger partial charge in [0.05, 0.1) is 13.8 Å². The number of hydrogen-bond donors (Lipinski definition) is 1. The highest BCUT2D eigenvalue weighted by atomic mass is 16.5. The fraction of sp³-hybridized carbons (Fsp3) is 0.417. The first kappa shape index (κ1) is 21.2. The molecule has 4 rings (SSSR count). The molecule has 2 fully saturated rings. The lowest BCUT2D eigenvalue weighted by atomic mass is 9.93. The monoisotopic (exact) mass is 422 g/mol. The minimum Gasteiger partial charge on any atom is -0.497 e. The second-order valence-electron chi connectivity index (χ2n) is 8.43. The molecule has 0 spiro atoms. The molecular formula is C24H30N4O3. The van der Waals surface area contributed by atoms with Gasteiger partial charge in [-0.2, -0.15) is 0 Å². The van der Waals surface area contributed by atoms with Gasteiger partial charge in [-0.3, -0.25) is 9.69 Å². The molecule has 2 aliphatic rings. The number of carbonyl (C=O) groups excluding carboxylic acids is 2. The maximum absolute atomic E-state index is 13.1. The predicted octanol–water partition coefficient (Wildman–Crippen LogP) is 2.72. The Balaban J connectivity index is 1.31. The summed E-state index contributed by atoms with van der Waals surface area (Å²) in [6, 6.07) is 17.8. The standard InChI is InChI=1S/C24H30N4O3/c1-24(13-12-19-6-4-3-5-7-19)22(29)28(23(30)25-24)18-26-14-16-27(17-15-26)20-8-10-21(31-2)11-9-20/h3-11H,12-18H2,1-2H3,(H,25,30). The second-order valence-corrected chi connectivity index (χ2v) is 8.43. The summed E-state index contributed by atoms with van der Waals surface area (Å²) in [4.78, 5) is 31.5. The Morgan fingerprint density at radius 1 is 0.968 bits per heavy atom. The third kappa shape index (κ3) is 4.66. The molecule has 1 unspecified atom stereocenters. The summed E-state index contributed by atoms with van der Waals surface area (Å²) in [5, 5.41) is 2.92. The Labute approximate surface area is 183 Å². The number of imide groups is 1. The van der Waals surface area contributed by atoms with Crippen LogP contribution in [-0.2, 0) is 11.2 Å². The Kier molecular flexibility index (Phi) is 6.13. The van der Waals surface area contributed by atoms with Gasteiger partial charge in [0.15, 0.2) is 0 Å². The van der Waals surface area contributed by atoms with E-state index in [-0.39, 0.29) is 11.9 Å². The van der Waals surface area contributed by atoms with E-state index in [4.69, 9.17) is 4.74 Å². The molecule has 164 valence electrons. The zero-order valence-electron chi connectivity index (χ0n) is 18.2. The van der Waals surface area contributed by atoms with Gasteiger partial charge in [-0.25, -0.2) is 9.69 Å². The second kappa shape index (κ2) is 8.98. The molecular weight excluding hydrogens is 392 g/mol. The van der Waals surface area contributed by atoms with Crippen molar-refractivity contribution in [2.24, 2.45) is 0 Å². The summed E-state index contributed by atoms with van der Waals surface area (Å²) in [6.07, 6.45) is 1.33. The number of nitrogens with one attached hydrogen (secondary N) is 1. The smallest absolute Gasteiger partial charge is 0.326 e. The Hall–Kier alpha value is -3.06. The minimum absolute atomic E-state index is 0.133. The number of nitrogens with zero attached hydrogens (tertiary/aromatic N) is 3. The van der Waals surface area contributed by atoms with Crippen LogP contribution in [0.2, 0.25) is 0 Å². The van der Waals surface area contributed by atoms with Gasteiger partial charge in [0.25, 0.3) is 5.91 Å². The number of methoxy groups -OCH3 is 1. The average molecular weight is 423 g/mol. The van der Waals surface area contributed by atoms with E-state index in [0.717, 1.165) is 44.0 Å². The average Bonchev–Trinajstić information content (AvgIpc) is 3.02. The van der Waals surface area contributed by atoms with Crippen molar-refractivity contribution in [2.45, 2.75) is 25.3 Å². The van der Waals surface area contributed by atoms with Crippen LogP contribution in [0, 0.1) is 0 Å². The van der Waals surface area contributed by atoms with Gasteiger partial charge in [0, 0.05) is 31.9 Å². The first-order chi connectivity index (χ1) is 15.0. The first-order valence-electron chi connectivity index (χ1n) is 10.8. The molecule has 0 aromatic heterocycles. The van der Waals surface area contributed by atoms with E-state index < -0.39 is 5.54 Å². The van der Waals surface area contributed by atoms with Crippen LogP contribution in [0.3, 0.4) is 0 Å². The van der Waals surface area contributed by atoms with E-state index in [1.807, 2.05) is 49.4 Å². The molecule has 3 amide bonds. The highest BCUT2D eigenvalue weighted by molar-refractivity contribution is 6.06. The molecule has 0 radical (unpaired) electrons. The molecule has 7 nitrogen and oxygen atoms in total. The summed E-state index contributed by atoms with van der Waals surface area (Å²) in [7, 11) is 1.66. The van der Waals surface area contributed by atoms with Gasteiger partial charge in [-0.1, -0.05) is 30.3 Å². The molecule has 1 N–H and O–H groups in total. The van der Waals surface area contributed by atoms with Crippen LogP contribution in [0.15, 0.2) is 54.6 Å². The molecule has 0 aliphatic carbocycles. The summed E-state index contributed by atoms with van der Waals surface area (Å²) in [5.74, 6) is 0.710. The third-order valence-corrected chi connectivity index (χ3v) is 6.25. The molecule has 0 saturated carbocycles. The van der Waals surface area contributed by atoms with Crippen molar-refractivity contribution in [2.75, 3.05) is 44.9 Å². The van der Waals surface area contributed by atoms with Crippen LogP contribution >= 0.6 is 0 Å². The lowest BCUT2D eigenvalue weighted by Gasteiger charge is -2.37. The van der Waals surface area contributed by atoms with Gasteiger partial charge in [0.2, 0.25) is 0 Å². The molecule has 2 aromatic rings. The lowest BCUT2D eigenvalue weighted by molar-refractivity contribution is -0.132. The molecule has 2 aromatic carbocycles. The Bertz CT molecular complexity index is 910. The van der Waals surface area contributed by atoms with Crippen molar-refractivity contribution >= 4 is 17.6 Å². The quantitative estimate of drug-likeness (QED) is 0.695. The molecule has 2 heterocycles. The van der Waals surface area contributed by atoms with Gasteiger partial charge in [-0.05, 0) is 49.6 Å². The van der Waals surface area contributed by atoms with Crippen LogP contribution < -0.4 is 15.0 Å². The number of aryl methyl sites for hydroxylation is 1. The minimum atomic E-state index is -0.849. The van der Waals surface area contributed by atoms with Crippen LogP contribution in [0.4, 0.5) is 10.5 Å². The fourth-order valence-corrected chi connectivity index (χ4v) is 4.22. The van der Waals surface area contributed by atoms with Crippen LogP contribution in [0.1, 0.15) is 18.9 Å². The molecule has 7 heteroatoms. The van der Waals surface area contributed by atoms with Crippen LogP contribution in [0.5, 0.6) is 5.75 Å².